The van der Waals surface area contributed by atoms with Crippen molar-refractivity contribution in [2.75, 3.05) is 10.6 Å². The second-order valence-electron chi connectivity index (χ2n) is 5.04. The molecule has 0 saturated carbocycles. The molecule has 118 valence electrons. The highest BCUT2D eigenvalue weighted by molar-refractivity contribution is 6.04. The smallest absolute Gasteiger partial charge is 0.257 e. The molecular formula is C18H14N4O2. The number of nitrogens with one attached hydrogen (secondary N) is 2. The van der Waals surface area contributed by atoms with Gasteiger partial charge in [-0.25, -0.2) is 0 Å². The lowest BCUT2D eigenvalue weighted by atomic mass is 10.2. The average Bonchev–Trinajstić information content (AvgIpc) is 3.14. The molecule has 3 rings (SSSR count). The van der Waals surface area contributed by atoms with E-state index in [0.29, 0.717) is 23.4 Å². The van der Waals surface area contributed by atoms with Gasteiger partial charge >= 0.3 is 0 Å². The number of carbonyl (C=O) groups excluding carboxylic acids is 1. The molecule has 2 heterocycles. The number of nitriles is 1. The standard InChI is InChI=1S/C18H14N4O2/c19-9-13-3-5-15(6-4-13)22-18(23)14-8-16(11-20-10-14)21-12-17-2-1-7-24-17/h1-8,10-11,21H,12H2,(H,22,23). The normalized spacial score (nSPS) is 9.96. The SMILES string of the molecule is N#Cc1ccc(NC(=O)c2cncc(NCc3ccco3)c2)cc1. The predicted octanol–water partition coefficient (Wildman–Crippen LogP) is 3.41. The van der Waals surface area contributed by atoms with Crippen molar-refractivity contribution < 1.29 is 9.21 Å². The molecule has 0 bridgehead atoms. The third-order valence-electron chi connectivity index (χ3n) is 3.32. The summed E-state index contributed by atoms with van der Waals surface area (Å²) in [5.41, 5.74) is 2.31. The highest BCUT2D eigenvalue weighted by atomic mass is 16.3. The molecule has 1 amide bonds. The lowest BCUT2D eigenvalue weighted by Crippen LogP contribution is -2.12. The van der Waals surface area contributed by atoms with Gasteiger partial charge in [0, 0.05) is 18.1 Å². The molecular weight excluding hydrogens is 304 g/mol. The van der Waals surface area contributed by atoms with Crippen molar-refractivity contribution >= 4 is 17.3 Å². The molecule has 2 N–H and O–H groups in total. The van der Waals surface area contributed by atoms with Crippen LogP contribution in [0.15, 0.2) is 65.5 Å². The first kappa shape index (κ1) is 15.3. The summed E-state index contributed by atoms with van der Waals surface area (Å²) in [7, 11) is 0. The van der Waals surface area contributed by atoms with E-state index in [1.165, 1.54) is 6.20 Å². The van der Waals surface area contributed by atoms with Gasteiger partial charge in [0.05, 0.1) is 35.7 Å². The van der Waals surface area contributed by atoms with Crippen LogP contribution in [0, 0.1) is 11.3 Å². The van der Waals surface area contributed by atoms with Gasteiger partial charge in [-0.3, -0.25) is 9.78 Å². The second kappa shape index (κ2) is 7.11. The van der Waals surface area contributed by atoms with Gasteiger partial charge in [-0.2, -0.15) is 5.26 Å². The molecule has 3 aromatic rings. The fourth-order valence-electron chi connectivity index (χ4n) is 2.09. The summed E-state index contributed by atoms with van der Waals surface area (Å²) in [4.78, 5) is 16.4. The minimum absolute atomic E-state index is 0.270. The molecule has 0 aliphatic carbocycles. The van der Waals surface area contributed by atoms with Crippen molar-refractivity contribution in [1.82, 2.24) is 4.98 Å². The maximum absolute atomic E-state index is 12.3. The molecule has 0 spiro atoms. The topological polar surface area (TPSA) is 91.0 Å². The Hall–Kier alpha value is -3.59. The summed E-state index contributed by atoms with van der Waals surface area (Å²) in [5, 5.41) is 14.7. The molecule has 0 saturated heterocycles. The largest absolute Gasteiger partial charge is 0.467 e. The van der Waals surface area contributed by atoms with Gasteiger partial charge in [0.2, 0.25) is 0 Å². The van der Waals surface area contributed by atoms with E-state index in [2.05, 4.69) is 15.6 Å². The lowest BCUT2D eigenvalue weighted by molar-refractivity contribution is 0.102. The predicted molar refractivity (Wildman–Crippen MR) is 89.4 cm³/mol. The maximum Gasteiger partial charge on any atom is 0.257 e. The van der Waals surface area contributed by atoms with Crippen LogP contribution in [0.5, 0.6) is 0 Å². The van der Waals surface area contributed by atoms with E-state index in [4.69, 9.17) is 9.68 Å². The van der Waals surface area contributed by atoms with Crippen LogP contribution in [0.4, 0.5) is 11.4 Å². The Labute approximate surface area is 138 Å². The Morgan fingerprint density at radius 1 is 1.17 bits per heavy atom. The van der Waals surface area contributed by atoms with Gasteiger partial charge in [0.1, 0.15) is 5.76 Å². The summed E-state index contributed by atoms with van der Waals surface area (Å²) < 4.78 is 5.25. The third-order valence-corrected chi connectivity index (χ3v) is 3.32. The number of hydrogen-bond donors (Lipinski definition) is 2. The highest BCUT2D eigenvalue weighted by Gasteiger charge is 2.08. The summed E-state index contributed by atoms with van der Waals surface area (Å²) in [5.74, 6) is 0.524. The van der Waals surface area contributed by atoms with E-state index < -0.39 is 0 Å². The molecule has 0 aliphatic heterocycles. The number of pyridine rings is 1. The van der Waals surface area contributed by atoms with Gasteiger partial charge in [-0.1, -0.05) is 0 Å². The number of rotatable bonds is 5. The molecule has 0 atom stereocenters. The lowest BCUT2D eigenvalue weighted by Gasteiger charge is -2.08. The molecule has 0 fully saturated rings. The minimum Gasteiger partial charge on any atom is -0.467 e. The summed E-state index contributed by atoms with van der Waals surface area (Å²) in [6.45, 7) is 0.509. The molecule has 0 radical (unpaired) electrons. The highest BCUT2D eigenvalue weighted by Crippen LogP contribution is 2.14. The minimum atomic E-state index is -0.270. The van der Waals surface area contributed by atoms with Crippen molar-refractivity contribution in [2.24, 2.45) is 0 Å². The molecule has 2 aromatic heterocycles. The monoisotopic (exact) mass is 318 g/mol. The first-order chi connectivity index (χ1) is 11.7. The zero-order valence-corrected chi connectivity index (χ0v) is 12.7. The van der Waals surface area contributed by atoms with Crippen LogP contribution in [-0.4, -0.2) is 10.9 Å². The Morgan fingerprint density at radius 2 is 2.00 bits per heavy atom. The van der Waals surface area contributed by atoms with Crippen molar-refractivity contribution in [1.29, 1.82) is 5.26 Å². The number of hydrogen-bond acceptors (Lipinski definition) is 5. The molecule has 6 heteroatoms. The van der Waals surface area contributed by atoms with E-state index in [0.717, 1.165) is 11.4 Å². The Morgan fingerprint density at radius 3 is 2.71 bits per heavy atom. The van der Waals surface area contributed by atoms with Gasteiger partial charge in [-0.05, 0) is 42.5 Å². The van der Waals surface area contributed by atoms with E-state index in [-0.39, 0.29) is 5.91 Å². The van der Waals surface area contributed by atoms with Crippen molar-refractivity contribution in [2.45, 2.75) is 6.54 Å². The third kappa shape index (κ3) is 3.78. The van der Waals surface area contributed by atoms with Crippen molar-refractivity contribution in [3.63, 3.8) is 0 Å². The van der Waals surface area contributed by atoms with E-state index in [9.17, 15) is 4.79 Å². The van der Waals surface area contributed by atoms with Gasteiger partial charge in [-0.15, -0.1) is 0 Å². The maximum atomic E-state index is 12.3. The average molecular weight is 318 g/mol. The zero-order chi connectivity index (χ0) is 16.8. The number of aromatic nitrogens is 1. The Kier molecular flexibility index (Phi) is 4.54. The van der Waals surface area contributed by atoms with Crippen LogP contribution in [0.25, 0.3) is 0 Å². The van der Waals surface area contributed by atoms with Gasteiger partial charge in [0.15, 0.2) is 0 Å². The molecule has 0 unspecified atom stereocenters. The molecule has 1 aromatic carbocycles. The molecule has 6 nitrogen and oxygen atoms in total. The number of anilines is 2. The van der Waals surface area contributed by atoms with Crippen LogP contribution in [-0.2, 0) is 6.54 Å². The van der Waals surface area contributed by atoms with Crippen LogP contribution in [0.1, 0.15) is 21.7 Å². The van der Waals surface area contributed by atoms with Gasteiger partial charge in [0.25, 0.3) is 5.91 Å². The van der Waals surface area contributed by atoms with Gasteiger partial charge < -0.3 is 15.1 Å². The number of nitrogens with zero attached hydrogens (tertiary/aromatic N) is 2. The fraction of sp³-hybridized carbons (Fsp3) is 0.0556. The van der Waals surface area contributed by atoms with Crippen LogP contribution in [0.2, 0.25) is 0 Å². The number of carbonyl (C=O) groups is 1. The van der Waals surface area contributed by atoms with Crippen LogP contribution in [0.3, 0.4) is 0 Å². The Bertz CT molecular complexity index is 865. The fourth-order valence-corrected chi connectivity index (χ4v) is 2.09. The van der Waals surface area contributed by atoms with E-state index in [1.54, 1.807) is 42.8 Å². The van der Waals surface area contributed by atoms with Crippen molar-refractivity contribution in [3.8, 4) is 6.07 Å². The molecule has 0 aliphatic rings. The molecule has 24 heavy (non-hydrogen) atoms. The van der Waals surface area contributed by atoms with E-state index in [1.807, 2.05) is 18.2 Å². The zero-order valence-electron chi connectivity index (χ0n) is 12.7. The summed E-state index contributed by atoms with van der Waals surface area (Å²) in [6, 6.07) is 14.1. The second-order valence-corrected chi connectivity index (χ2v) is 5.04. The first-order valence-corrected chi connectivity index (χ1v) is 7.27. The van der Waals surface area contributed by atoms with Crippen LogP contribution >= 0.6 is 0 Å². The summed E-state index contributed by atoms with van der Waals surface area (Å²) in [6.07, 6.45) is 4.75. The summed E-state index contributed by atoms with van der Waals surface area (Å²) >= 11 is 0. The first-order valence-electron chi connectivity index (χ1n) is 7.27. The van der Waals surface area contributed by atoms with Crippen LogP contribution < -0.4 is 10.6 Å². The quantitative estimate of drug-likeness (QED) is 0.752. The number of amides is 1. The number of benzene rings is 1. The van der Waals surface area contributed by atoms with E-state index >= 15 is 0 Å². The Balaban J connectivity index is 1.66. The van der Waals surface area contributed by atoms with Crippen molar-refractivity contribution in [3.05, 3.63) is 78.0 Å². The number of furan rings is 1.